The predicted octanol–water partition coefficient (Wildman–Crippen LogP) is 3.82. The number of amides is 1. The van der Waals surface area contributed by atoms with Crippen LogP contribution in [0.1, 0.15) is 36.9 Å². The van der Waals surface area contributed by atoms with Crippen LogP contribution in [0.2, 0.25) is 0 Å². The normalized spacial score (nSPS) is 18.5. The third-order valence-electron chi connectivity index (χ3n) is 4.77. The van der Waals surface area contributed by atoms with Gasteiger partial charge in [0.1, 0.15) is 5.76 Å². The Balaban J connectivity index is 2.24. The fourth-order valence-corrected chi connectivity index (χ4v) is 3.40. The van der Waals surface area contributed by atoms with E-state index in [2.05, 4.69) is 0 Å². The Labute approximate surface area is 162 Å². The number of unbranched alkanes of at least 4 members (excludes halogenated alkanes) is 1. The van der Waals surface area contributed by atoms with Gasteiger partial charge in [0.2, 0.25) is 0 Å². The highest BCUT2D eigenvalue weighted by molar-refractivity contribution is 6.46. The van der Waals surface area contributed by atoms with Crippen molar-refractivity contribution < 1.29 is 19.6 Å². The number of benzene rings is 2. The second-order valence-corrected chi connectivity index (χ2v) is 6.53. The van der Waals surface area contributed by atoms with E-state index in [1.807, 2.05) is 6.92 Å². The minimum atomic E-state index is -1.01. The zero-order valence-electron chi connectivity index (χ0n) is 15.4. The van der Waals surface area contributed by atoms with Crippen molar-refractivity contribution in [3.63, 3.8) is 0 Å². The highest BCUT2D eigenvalue weighted by atomic mass is 16.6. The highest BCUT2D eigenvalue weighted by Crippen LogP contribution is 2.42. The second-order valence-electron chi connectivity index (χ2n) is 6.53. The number of hydrogen-bond donors (Lipinski definition) is 1. The maximum atomic E-state index is 12.8. The summed E-state index contributed by atoms with van der Waals surface area (Å²) in [6.07, 6.45) is 1.42. The Morgan fingerprint density at radius 3 is 2.39 bits per heavy atom. The summed E-state index contributed by atoms with van der Waals surface area (Å²) in [6.45, 7) is 2.21. The number of nitrogens with zero attached hydrogens (tertiary/aromatic N) is 2. The van der Waals surface area contributed by atoms with Crippen LogP contribution in [-0.2, 0) is 9.59 Å². The lowest BCUT2D eigenvalue weighted by Gasteiger charge is -2.25. The molecule has 1 atom stereocenters. The third kappa shape index (κ3) is 3.38. The zero-order valence-corrected chi connectivity index (χ0v) is 15.4. The minimum Gasteiger partial charge on any atom is -0.507 e. The van der Waals surface area contributed by atoms with Gasteiger partial charge < -0.3 is 10.0 Å². The Morgan fingerprint density at radius 2 is 1.75 bits per heavy atom. The van der Waals surface area contributed by atoms with Crippen LogP contribution in [-0.4, -0.2) is 33.2 Å². The number of carbonyl (C=O) groups is 2. The molecule has 0 radical (unpaired) electrons. The molecule has 1 unspecified atom stereocenters. The molecule has 0 bridgehead atoms. The van der Waals surface area contributed by atoms with Crippen molar-refractivity contribution in [3.05, 3.63) is 81.4 Å². The summed E-state index contributed by atoms with van der Waals surface area (Å²) in [4.78, 5) is 37.8. The van der Waals surface area contributed by atoms with E-state index < -0.39 is 22.7 Å². The summed E-state index contributed by atoms with van der Waals surface area (Å²) in [5.74, 6) is -1.92. The van der Waals surface area contributed by atoms with Crippen LogP contribution in [0, 0.1) is 10.1 Å². The van der Waals surface area contributed by atoms with Gasteiger partial charge in [-0.05, 0) is 12.5 Å². The van der Waals surface area contributed by atoms with Crippen LogP contribution in [0.3, 0.4) is 0 Å². The molecule has 7 nitrogen and oxygen atoms in total. The van der Waals surface area contributed by atoms with E-state index in [0.29, 0.717) is 12.0 Å². The molecule has 1 amide bonds. The summed E-state index contributed by atoms with van der Waals surface area (Å²) in [5.41, 5.74) is 0.260. The van der Waals surface area contributed by atoms with E-state index in [1.165, 1.54) is 23.1 Å². The molecule has 0 spiro atoms. The molecule has 7 heteroatoms. The maximum Gasteiger partial charge on any atom is 0.295 e. The molecule has 2 aromatic rings. The average molecular weight is 380 g/mol. The van der Waals surface area contributed by atoms with Crippen molar-refractivity contribution in [1.29, 1.82) is 0 Å². The fourth-order valence-electron chi connectivity index (χ4n) is 3.40. The lowest BCUT2D eigenvalue weighted by Crippen LogP contribution is -2.30. The lowest BCUT2D eigenvalue weighted by molar-refractivity contribution is -0.385. The number of para-hydroxylation sites is 1. The number of rotatable bonds is 6. The first kappa shape index (κ1) is 19.3. The molecular formula is C21H20N2O5. The van der Waals surface area contributed by atoms with Gasteiger partial charge in [-0.3, -0.25) is 19.7 Å². The minimum absolute atomic E-state index is 0.124. The molecule has 1 heterocycles. The number of nitro benzene ring substituents is 1. The number of Topliss-reactive ketones (excluding diaryl/α,β-unsaturated/α-hetero) is 1. The van der Waals surface area contributed by atoms with Crippen LogP contribution < -0.4 is 0 Å². The largest absolute Gasteiger partial charge is 0.507 e. The first-order valence-electron chi connectivity index (χ1n) is 9.04. The van der Waals surface area contributed by atoms with Gasteiger partial charge in [-0.2, -0.15) is 0 Å². The van der Waals surface area contributed by atoms with Gasteiger partial charge in [-0.25, -0.2) is 0 Å². The number of hydrogen-bond acceptors (Lipinski definition) is 5. The van der Waals surface area contributed by atoms with Gasteiger partial charge in [0.25, 0.3) is 17.4 Å². The van der Waals surface area contributed by atoms with Gasteiger partial charge in [0.05, 0.1) is 22.1 Å². The number of aliphatic hydroxyl groups excluding tert-OH is 1. The third-order valence-corrected chi connectivity index (χ3v) is 4.77. The second kappa shape index (κ2) is 8.04. The van der Waals surface area contributed by atoms with E-state index in [1.54, 1.807) is 36.4 Å². The van der Waals surface area contributed by atoms with Crippen molar-refractivity contribution in [1.82, 2.24) is 4.90 Å². The molecule has 3 rings (SSSR count). The van der Waals surface area contributed by atoms with Crippen molar-refractivity contribution in [2.75, 3.05) is 6.54 Å². The van der Waals surface area contributed by atoms with E-state index in [4.69, 9.17) is 0 Å². The van der Waals surface area contributed by atoms with Gasteiger partial charge in [-0.1, -0.05) is 55.8 Å². The summed E-state index contributed by atoms with van der Waals surface area (Å²) in [6, 6.07) is 13.4. The lowest BCUT2D eigenvalue weighted by atomic mass is 9.94. The molecule has 1 aliphatic rings. The van der Waals surface area contributed by atoms with E-state index >= 15 is 0 Å². The number of carbonyl (C=O) groups excluding carboxylic acids is 2. The summed E-state index contributed by atoms with van der Waals surface area (Å²) in [7, 11) is 0. The van der Waals surface area contributed by atoms with Crippen LogP contribution in [0.15, 0.2) is 60.2 Å². The van der Waals surface area contributed by atoms with Crippen molar-refractivity contribution in [2.45, 2.75) is 25.8 Å². The van der Waals surface area contributed by atoms with Crippen LogP contribution >= 0.6 is 0 Å². The van der Waals surface area contributed by atoms with Crippen molar-refractivity contribution >= 4 is 23.1 Å². The molecule has 1 aliphatic heterocycles. The van der Waals surface area contributed by atoms with Gasteiger partial charge in [0, 0.05) is 18.2 Å². The van der Waals surface area contributed by atoms with Crippen molar-refractivity contribution in [2.24, 2.45) is 0 Å². The number of ketones is 1. The number of nitro groups is 1. The van der Waals surface area contributed by atoms with Gasteiger partial charge in [-0.15, -0.1) is 0 Å². The molecule has 1 saturated heterocycles. The number of aliphatic hydroxyl groups is 1. The first-order valence-corrected chi connectivity index (χ1v) is 9.04. The van der Waals surface area contributed by atoms with Crippen molar-refractivity contribution in [3.8, 4) is 0 Å². The Hall–Kier alpha value is -3.48. The summed E-state index contributed by atoms with van der Waals surface area (Å²) < 4.78 is 0. The SMILES string of the molecule is CCCCN1C(=O)C(=O)/C(=C(/O)c2ccccc2)C1c1ccccc1[N+](=O)[O-]. The van der Waals surface area contributed by atoms with E-state index in [-0.39, 0.29) is 29.1 Å². The molecule has 2 aromatic carbocycles. The molecule has 1 N–H and O–H groups in total. The fraction of sp³-hybridized carbons (Fsp3) is 0.238. The van der Waals surface area contributed by atoms with Gasteiger partial charge in [0.15, 0.2) is 0 Å². The molecule has 1 fully saturated rings. The molecule has 0 aliphatic carbocycles. The topological polar surface area (TPSA) is 101 Å². The average Bonchev–Trinajstić information content (AvgIpc) is 2.96. The molecular weight excluding hydrogens is 360 g/mol. The van der Waals surface area contributed by atoms with E-state index in [9.17, 15) is 24.8 Å². The predicted molar refractivity (Wildman–Crippen MR) is 103 cm³/mol. The smallest absolute Gasteiger partial charge is 0.295 e. The maximum absolute atomic E-state index is 12.8. The van der Waals surface area contributed by atoms with E-state index in [0.717, 1.165) is 6.42 Å². The zero-order chi connectivity index (χ0) is 20.3. The quantitative estimate of drug-likeness (QED) is 0.270. The number of likely N-dealkylation sites (tertiary alicyclic amines) is 1. The Morgan fingerprint density at radius 1 is 1.11 bits per heavy atom. The van der Waals surface area contributed by atoms with Crippen LogP contribution in [0.25, 0.3) is 5.76 Å². The summed E-state index contributed by atoms with van der Waals surface area (Å²) >= 11 is 0. The Bertz CT molecular complexity index is 952. The van der Waals surface area contributed by atoms with Crippen LogP contribution in [0.5, 0.6) is 0 Å². The molecule has 28 heavy (non-hydrogen) atoms. The molecule has 0 saturated carbocycles. The standard InChI is InChI=1S/C21H20N2O5/c1-2-3-13-22-18(15-11-7-8-12-16(15)23(27)28)17(20(25)21(22)26)19(24)14-9-5-4-6-10-14/h4-12,18,24H,2-3,13H2,1H3/b19-17+. The summed E-state index contributed by atoms with van der Waals surface area (Å²) in [5, 5.41) is 22.4. The highest BCUT2D eigenvalue weighted by Gasteiger charge is 2.47. The Kier molecular flexibility index (Phi) is 5.54. The molecule has 0 aromatic heterocycles. The van der Waals surface area contributed by atoms with Gasteiger partial charge >= 0.3 is 0 Å². The van der Waals surface area contributed by atoms with Crippen LogP contribution in [0.4, 0.5) is 5.69 Å². The monoisotopic (exact) mass is 380 g/mol. The first-order chi connectivity index (χ1) is 13.5. The molecule has 144 valence electrons.